The van der Waals surface area contributed by atoms with Gasteiger partial charge in [-0.25, -0.2) is 4.39 Å². The van der Waals surface area contributed by atoms with Crippen molar-refractivity contribution in [2.24, 2.45) is 0 Å². The molecule has 1 aliphatic heterocycles. The van der Waals surface area contributed by atoms with Crippen LogP contribution in [-0.2, 0) is 9.59 Å². The van der Waals surface area contributed by atoms with Crippen LogP contribution in [0.4, 0.5) is 4.39 Å². The van der Waals surface area contributed by atoms with E-state index in [0.29, 0.717) is 36.2 Å². The largest absolute Gasteiger partial charge is 0.480 e. The number of halogens is 2. The number of nitrogens with zero attached hydrogens (tertiary/aromatic N) is 1. The molecule has 1 aromatic rings. The van der Waals surface area contributed by atoms with Crippen LogP contribution in [0.3, 0.4) is 0 Å². The van der Waals surface area contributed by atoms with E-state index in [0.717, 1.165) is 13.0 Å². The Morgan fingerprint density at radius 2 is 2.30 bits per heavy atom. The van der Waals surface area contributed by atoms with E-state index in [-0.39, 0.29) is 17.6 Å². The van der Waals surface area contributed by atoms with Gasteiger partial charge in [-0.05, 0) is 53.9 Å². The number of carbonyl (C=O) groups excluding carboxylic acids is 2. The summed E-state index contributed by atoms with van der Waals surface area (Å²) in [5, 5.41) is 2.78. The van der Waals surface area contributed by atoms with Crippen LogP contribution in [0.15, 0.2) is 22.7 Å². The summed E-state index contributed by atoms with van der Waals surface area (Å²) in [4.78, 5) is 25.3. The number of nitrogens with one attached hydrogen (secondary N) is 1. The number of rotatable bonds is 7. The number of carbonyl (C=O) groups is 2. The minimum absolute atomic E-state index is 0.189. The quantitative estimate of drug-likeness (QED) is 0.732. The Labute approximate surface area is 143 Å². The highest BCUT2D eigenvalue weighted by Gasteiger charge is 2.20. The van der Waals surface area contributed by atoms with Gasteiger partial charge < -0.3 is 15.0 Å². The van der Waals surface area contributed by atoms with E-state index in [1.165, 1.54) is 18.2 Å². The molecule has 1 unspecified atom stereocenters. The van der Waals surface area contributed by atoms with Gasteiger partial charge in [-0.15, -0.1) is 0 Å². The van der Waals surface area contributed by atoms with Gasteiger partial charge in [-0.2, -0.15) is 0 Å². The van der Waals surface area contributed by atoms with Gasteiger partial charge in [0.2, 0.25) is 5.91 Å². The predicted octanol–water partition coefficient (Wildman–Crippen LogP) is 2.48. The summed E-state index contributed by atoms with van der Waals surface area (Å²) in [5.74, 6) is -0.0161. The van der Waals surface area contributed by atoms with Crippen LogP contribution in [0.5, 0.6) is 5.75 Å². The van der Waals surface area contributed by atoms with Crippen molar-refractivity contribution in [2.75, 3.05) is 19.6 Å². The lowest BCUT2D eigenvalue weighted by Crippen LogP contribution is -2.38. The molecule has 1 aromatic carbocycles. The molecular formula is C16H20BrFN2O3. The standard InChI is InChI=1S/C16H20BrFN2O3/c1-11(23-14-6-5-12(18)10-13(14)17)16(22)19-7-3-9-20-8-2-4-15(20)21/h5-6,10-11H,2-4,7-9H2,1H3,(H,19,22). The molecule has 126 valence electrons. The Balaban J connectivity index is 1.71. The summed E-state index contributed by atoms with van der Waals surface area (Å²) in [7, 11) is 0. The maximum Gasteiger partial charge on any atom is 0.260 e. The predicted molar refractivity (Wildman–Crippen MR) is 87.6 cm³/mol. The molecule has 1 N–H and O–H groups in total. The van der Waals surface area contributed by atoms with Crippen LogP contribution in [-0.4, -0.2) is 42.5 Å². The molecule has 1 saturated heterocycles. The second-order valence-corrected chi connectivity index (χ2v) is 6.32. The van der Waals surface area contributed by atoms with Crippen LogP contribution in [0.2, 0.25) is 0 Å². The molecule has 0 saturated carbocycles. The lowest BCUT2D eigenvalue weighted by atomic mass is 10.3. The summed E-state index contributed by atoms with van der Waals surface area (Å²) < 4.78 is 19.0. The van der Waals surface area contributed by atoms with Gasteiger partial charge in [0.25, 0.3) is 5.91 Å². The van der Waals surface area contributed by atoms with Crippen molar-refractivity contribution in [3.63, 3.8) is 0 Å². The molecule has 2 rings (SSSR count). The Bertz CT molecular complexity index is 582. The summed E-state index contributed by atoms with van der Waals surface area (Å²) in [6, 6.07) is 4.03. The van der Waals surface area contributed by atoms with E-state index in [4.69, 9.17) is 4.74 Å². The average molecular weight is 387 g/mol. The van der Waals surface area contributed by atoms with Crippen LogP contribution < -0.4 is 10.1 Å². The molecule has 7 heteroatoms. The summed E-state index contributed by atoms with van der Waals surface area (Å²) in [5.41, 5.74) is 0. The molecule has 0 radical (unpaired) electrons. The molecule has 1 fully saturated rings. The van der Waals surface area contributed by atoms with Crippen molar-refractivity contribution in [1.82, 2.24) is 10.2 Å². The van der Waals surface area contributed by atoms with Crippen molar-refractivity contribution in [2.45, 2.75) is 32.3 Å². The fraction of sp³-hybridized carbons (Fsp3) is 0.500. The van der Waals surface area contributed by atoms with Crippen LogP contribution >= 0.6 is 15.9 Å². The van der Waals surface area contributed by atoms with E-state index in [1.807, 2.05) is 4.90 Å². The van der Waals surface area contributed by atoms with Crippen LogP contribution in [0, 0.1) is 5.82 Å². The zero-order chi connectivity index (χ0) is 16.8. The molecule has 1 aliphatic rings. The Morgan fingerprint density at radius 3 is 2.96 bits per heavy atom. The first-order valence-corrected chi connectivity index (χ1v) is 8.44. The highest BCUT2D eigenvalue weighted by atomic mass is 79.9. The Morgan fingerprint density at radius 1 is 1.52 bits per heavy atom. The summed E-state index contributed by atoms with van der Waals surface area (Å²) in [6.07, 6.45) is 1.57. The van der Waals surface area contributed by atoms with Crippen LogP contribution in [0.25, 0.3) is 0 Å². The minimum atomic E-state index is -0.690. The van der Waals surface area contributed by atoms with E-state index < -0.39 is 6.10 Å². The molecule has 5 nitrogen and oxygen atoms in total. The highest BCUT2D eigenvalue weighted by molar-refractivity contribution is 9.10. The average Bonchev–Trinajstić information content (AvgIpc) is 2.91. The summed E-state index contributed by atoms with van der Waals surface area (Å²) in [6.45, 7) is 3.60. The second-order valence-electron chi connectivity index (χ2n) is 5.46. The van der Waals surface area contributed by atoms with Gasteiger partial charge in [0, 0.05) is 26.1 Å². The first kappa shape index (κ1) is 17.7. The van der Waals surface area contributed by atoms with Gasteiger partial charge in [0.1, 0.15) is 11.6 Å². The zero-order valence-corrected chi connectivity index (χ0v) is 14.6. The number of benzene rings is 1. The third-order valence-corrected chi connectivity index (χ3v) is 4.26. The van der Waals surface area contributed by atoms with Crippen molar-refractivity contribution >= 4 is 27.7 Å². The van der Waals surface area contributed by atoms with Crippen molar-refractivity contribution in [3.8, 4) is 5.75 Å². The molecule has 1 atom stereocenters. The third-order valence-electron chi connectivity index (χ3n) is 3.64. The van der Waals surface area contributed by atoms with Crippen LogP contribution in [0.1, 0.15) is 26.2 Å². The topological polar surface area (TPSA) is 58.6 Å². The Hall–Kier alpha value is -1.63. The SMILES string of the molecule is CC(Oc1ccc(F)cc1Br)C(=O)NCCCN1CCCC1=O. The third kappa shape index (κ3) is 5.20. The van der Waals surface area contributed by atoms with E-state index >= 15 is 0 Å². The smallest absolute Gasteiger partial charge is 0.260 e. The van der Waals surface area contributed by atoms with E-state index in [2.05, 4.69) is 21.2 Å². The molecule has 0 aromatic heterocycles. The number of hydrogen-bond donors (Lipinski definition) is 1. The Kier molecular flexibility index (Phi) is 6.38. The fourth-order valence-corrected chi connectivity index (χ4v) is 2.82. The van der Waals surface area contributed by atoms with Crippen molar-refractivity contribution < 1.29 is 18.7 Å². The maximum absolute atomic E-state index is 13.0. The van der Waals surface area contributed by atoms with Gasteiger partial charge in [-0.1, -0.05) is 0 Å². The molecular weight excluding hydrogens is 367 g/mol. The number of likely N-dealkylation sites (tertiary alicyclic amines) is 1. The minimum Gasteiger partial charge on any atom is -0.480 e. The first-order valence-electron chi connectivity index (χ1n) is 7.64. The highest BCUT2D eigenvalue weighted by Crippen LogP contribution is 2.26. The number of ether oxygens (including phenoxy) is 1. The maximum atomic E-state index is 13.0. The van der Waals surface area contributed by atoms with Gasteiger partial charge in [-0.3, -0.25) is 9.59 Å². The molecule has 0 aliphatic carbocycles. The lowest BCUT2D eigenvalue weighted by molar-refractivity contribution is -0.127. The molecule has 23 heavy (non-hydrogen) atoms. The van der Waals surface area contributed by atoms with Crippen molar-refractivity contribution in [1.29, 1.82) is 0 Å². The molecule has 1 heterocycles. The van der Waals surface area contributed by atoms with E-state index in [1.54, 1.807) is 6.92 Å². The van der Waals surface area contributed by atoms with E-state index in [9.17, 15) is 14.0 Å². The van der Waals surface area contributed by atoms with Gasteiger partial charge >= 0.3 is 0 Å². The number of amides is 2. The normalized spacial score (nSPS) is 15.6. The monoisotopic (exact) mass is 386 g/mol. The van der Waals surface area contributed by atoms with Gasteiger partial charge in [0.05, 0.1) is 4.47 Å². The molecule has 2 amide bonds. The van der Waals surface area contributed by atoms with Crippen molar-refractivity contribution in [3.05, 3.63) is 28.5 Å². The zero-order valence-electron chi connectivity index (χ0n) is 13.0. The second kappa shape index (κ2) is 8.29. The first-order chi connectivity index (χ1) is 11.0. The lowest BCUT2D eigenvalue weighted by Gasteiger charge is -2.17. The summed E-state index contributed by atoms with van der Waals surface area (Å²) >= 11 is 3.20. The fourth-order valence-electron chi connectivity index (χ4n) is 2.38. The molecule has 0 spiro atoms. The van der Waals surface area contributed by atoms with Gasteiger partial charge in [0.15, 0.2) is 6.10 Å². The molecule has 0 bridgehead atoms. The number of hydrogen-bond acceptors (Lipinski definition) is 3.